The van der Waals surface area contributed by atoms with Crippen molar-refractivity contribution in [3.8, 4) is 5.75 Å². The third-order valence-electron chi connectivity index (χ3n) is 4.81. The first-order chi connectivity index (χ1) is 14.9. The summed E-state index contributed by atoms with van der Waals surface area (Å²) in [6.45, 7) is 5.79. The van der Waals surface area contributed by atoms with E-state index in [2.05, 4.69) is 41.0 Å². The highest BCUT2D eigenvalue weighted by atomic mass is 16.5. The van der Waals surface area contributed by atoms with Gasteiger partial charge < -0.3 is 20.4 Å². The van der Waals surface area contributed by atoms with Crippen molar-refractivity contribution in [3.05, 3.63) is 71.7 Å². The number of carbonyl (C=O) groups is 1. The van der Waals surface area contributed by atoms with E-state index in [1.54, 1.807) is 18.0 Å². The molecule has 0 aliphatic carbocycles. The van der Waals surface area contributed by atoms with Gasteiger partial charge in [0.05, 0.1) is 18.9 Å². The van der Waals surface area contributed by atoms with Crippen molar-refractivity contribution < 1.29 is 19.2 Å². The highest BCUT2D eigenvalue weighted by Crippen LogP contribution is 2.30. The van der Waals surface area contributed by atoms with Crippen LogP contribution >= 0.6 is 0 Å². The molecule has 3 heterocycles. The van der Waals surface area contributed by atoms with E-state index in [9.17, 15) is 0 Å². The summed E-state index contributed by atoms with van der Waals surface area (Å²) in [6.07, 6.45) is 3.78. The number of allylic oxidation sites excluding steroid dienone is 1. The zero-order valence-electron chi connectivity index (χ0n) is 18.0. The molecule has 4 rings (SSSR count). The zero-order chi connectivity index (χ0) is 22.5. The maximum absolute atomic E-state index is 8.89. The fraction of sp³-hybridized carbons (Fsp3) is 0.217. The monoisotopic (exact) mass is 419 g/mol. The Morgan fingerprint density at radius 3 is 2.52 bits per heavy atom. The number of anilines is 1. The van der Waals surface area contributed by atoms with Gasteiger partial charge in [-0.1, -0.05) is 0 Å². The fourth-order valence-electron chi connectivity index (χ4n) is 3.41. The van der Waals surface area contributed by atoms with E-state index >= 15 is 0 Å². The van der Waals surface area contributed by atoms with Crippen LogP contribution in [0.5, 0.6) is 5.75 Å². The van der Waals surface area contributed by atoms with E-state index in [0.29, 0.717) is 18.1 Å². The average Bonchev–Trinajstić information content (AvgIpc) is 3.25. The van der Waals surface area contributed by atoms with Crippen LogP contribution < -0.4 is 20.1 Å². The third-order valence-corrected chi connectivity index (χ3v) is 4.81. The first-order valence-electron chi connectivity index (χ1n) is 9.82. The number of carboxylic acids is 1. The second-order valence-electron chi connectivity index (χ2n) is 6.84. The highest BCUT2D eigenvalue weighted by Gasteiger charge is 2.34. The number of carbonyl (C=O) groups excluding carboxylic acids is 1. The Balaban J connectivity index is 0.000000628. The van der Waals surface area contributed by atoms with Crippen LogP contribution in [-0.2, 0) is 11.3 Å². The van der Waals surface area contributed by atoms with Crippen LogP contribution in [0.25, 0.3) is 5.70 Å². The quantitative estimate of drug-likeness (QED) is 0.650. The number of nitrogens with zero attached hydrogens (tertiary/aromatic N) is 4. The zero-order valence-corrected chi connectivity index (χ0v) is 18.0. The number of rotatable bonds is 4. The van der Waals surface area contributed by atoms with Gasteiger partial charge >= 0.3 is 0 Å². The predicted molar refractivity (Wildman–Crippen MR) is 117 cm³/mol. The van der Waals surface area contributed by atoms with Crippen LogP contribution in [0, 0.1) is 0 Å². The third kappa shape index (κ3) is 4.48. The molecule has 160 valence electrons. The number of nitrogen functional groups attached to an aromatic ring is 1. The molecule has 0 fully saturated rings. The molecule has 0 saturated carbocycles. The highest BCUT2D eigenvalue weighted by molar-refractivity contribution is 6.17. The maximum Gasteiger partial charge on any atom is 0.237 e. The summed E-state index contributed by atoms with van der Waals surface area (Å²) in [5.41, 5.74) is 12.1. The number of benzene rings is 1. The second kappa shape index (κ2) is 9.25. The van der Waals surface area contributed by atoms with Crippen molar-refractivity contribution in [2.24, 2.45) is 4.99 Å². The summed E-state index contributed by atoms with van der Waals surface area (Å²) < 4.78 is 9.19. The summed E-state index contributed by atoms with van der Waals surface area (Å²) >= 11 is 0. The van der Waals surface area contributed by atoms with Crippen LogP contribution in [0.1, 0.15) is 32.0 Å². The smallest absolute Gasteiger partial charge is 0.237 e. The standard InChI is InChI=1S/C21H21N5O.C2H4O2/c1-4-26-21(22)17(13-23-26)24-19-14(2)20(25-12-6-5-7-18(19)25)15-8-10-16(27-3)11-9-15;1-2(3)4/h5-13,22H,4H2,1-3H3;1H3,(H,3,4). The first kappa shape index (κ1) is 21.8. The molecule has 1 aliphatic rings. The molecule has 8 heteroatoms. The maximum atomic E-state index is 8.89. The summed E-state index contributed by atoms with van der Waals surface area (Å²) in [5.74, 6) is 0.333. The lowest BCUT2D eigenvalue weighted by atomic mass is 10.1. The number of ether oxygens (including phenoxy) is 1. The van der Waals surface area contributed by atoms with Gasteiger partial charge in [-0.3, -0.25) is 0 Å². The molecule has 8 nitrogen and oxygen atoms in total. The van der Waals surface area contributed by atoms with Crippen molar-refractivity contribution >= 4 is 28.9 Å². The van der Waals surface area contributed by atoms with Crippen LogP contribution in [0.2, 0.25) is 0 Å². The van der Waals surface area contributed by atoms with Gasteiger partial charge in [0.2, 0.25) is 11.4 Å². The average molecular weight is 419 g/mol. The molecule has 0 saturated heterocycles. The van der Waals surface area contributed by atoms with E-state index in [0.717, 1.165) is 40.9 Å². The number of hydrogen-bond donors (Lipinski definition) is 1. The van der Waals surface area contributed by atoms with Crippen molar-refractivity contribution in [1.82, 2.24) is 9.78 Å². The van der Waals surface area contributed by atoms with E-state index in [-0.39, 0.29) is 0 Å². The van der Waals surface area contributed by atoms with E-state index in [1.165, 1.54) is 0 Å². The van der Waals surface area contributed by atoms with E-state index < -0.39 is 5.97 Å². The molecule has 0 radical (unpaired) electrons. The lowest BCUT2D eigenvalue weighted by Crippen LogP contribution is -2.34. The van der Waals surface area contributed by atoms with Gasteiger partial charge in [0.15, 0.2) is 6.20 Å². The second-order valence-corrected chi connectivity index (χ2v) is 6.84. The molecule has 1 aliphatic heterocycles. The molecular weight excluding hydrogens is 394 g/mol. The Morgan fingerprint density at radius 2 is 1.94 bits per heavy atom. The van der Waals surface area contributed by atoms with E-state index in [4.69, 9.17) is 25.4 Å². The predicted octanol–water partition coefficient (Wildman–Crippen LogP) is 1.95. The van der Waals surface area contributed by atoms with Crippen LogP contribution in [0.3, 0.4) is 0 Å². The molecule has 0 bridgehead atoms. The Morgan fingerprint density at radius 1 is 1.26 bits per heavy atom. The number of fused-ring (bicyclic) bond motifs is 1. The molecule has 0 atom stereocenters. The molecule has 0 amide bonds. The van der Waals surface area contributed by atoms with E-state index in [1.807, 2.05) is 31.2 Å². The Labute approximate surface area is 180 Å². The number of methoxy groups -OCH3 is 1. The van der Waals surface area contributed by atoms with Crippen molar-refractivity contribution in [2.75, 3.05) is 12.8 Å². The number of aromatic nitrogens is 3. The Bertz CT molecular complexity index is 1160. The van der Waals surface area contributed by atoms with Gasteiger partial charge in [0, 0.05) is 30.2 Å². The summed E-state index contributed by atoms with van der Waals surface area (Å²) in [6, 6.07) is 14.2. The molecule has 3 aromatic rings. The van der Waals surface area contributed by atoms with Crippen LogP contribution in [0.4, 0.5) is 11.5 Å². The molecule has 31 heavy (non-hydrogen) atoms. The number of nitrogens with two attached hydrogens (primary N) is 1. The van der Waals surface area contributed by atoms with Crippen molar-refractivity contribution in [1.29, 1.82) is 0 Å². The van der Waals surface area contributed by atoms with Gasteiger partial charge in [0.1, 0.15) is 23.0 Å². The number of aryl methyl sites for hydroxylation is 1. The van der Waals surface area contributed by atoms with Crippen LogP contribution in [-0.4, -0.2) is 28.6 Å². The van der Waals surface area contributed by atoms with Crippen molar-refractivity contribution in [2.45, 2.75) is 27.3 Å². The molecular formula is C23H25N5O3. The lowest BCUT2D eigenvalue weighted by Gasteiger charge is -2.02. The summed E-state index contributed by atoms with van der Waals surface area (Å²) in [4.78, 5) is 13.8. The number of aliphatic carboxylic acids is 1. The molecule has 1 aromatic carbocycles. The minimum atomic E-state index is -1.08. The summed E-state index contributed by atoms with van der Waals surface area (Å²) in [5, 5.41) is 13.2. The van der Waals surface area contributed by atoms with Gasteiger partial charge in [-0.05, 0) is 51.1 Å². The number of hydrogen-bond acceptors (Lipinski definition) is 6. The van der Waals surface area contributed by atoms with Crippen molar-refractivity contribution in [3.63, 3.8) is 0 Å². The van der Waals surface area contributed by atoms with Gasteiger partial charge in [-0.15, -0.1) is 0 Å². The minimum Gasteiger partial charge on any atom is -0.550 e. The Hall–Kier alpha value is -3.94. The summed E-state index contributed by atoms with van der Waals surface area (Å²) in [7, 11) is 1.67. The largest absolute Gasteiger partial charge is 0.550 e. The Kier molecular flexibility index (Phi) is 6.49. The van der Waals surface area contributed by atoms with Gasteiger partial charge in [0.25, 0.3) is 0 Å². The molecule has 2 N–H and O–H groups in total. The number of pyridine rings is 1. The normalized spacial score (nSPS) is 13.6. The fourth-order valence-corrected chi connectivity index (χ4v) is 3.41. The minimum absolute atomic E-state index is 0.582. The topological polar surface area (TPSA) is 109 Å². The lowest BCUT2D eigenvalue weighted by molar-refractivity contribution is -0.577. The molecule has 0 unspecified atom stereocenters. The first-order valence-corrected chi connectivity index (χ1v) is 9.82. The number of aliphatic imine (C=N–C) groups is 1. The van der Waals surface area contributed by atoms with Gasteiger partial charge in [-0.2, -0.15) is 9.67 Å². The van der Waals surface area contributed by atoms with Crippen LogP contribution in [0.15, 0.2) is 65.4 Å². The SMILES string of the molecule is CC(=O)[O-].CCn1ncc(/N=C2\C(C)=C(c3ccc(OC)cc3)[n+]3ccccc32)c1N. The molecule has 0 spiro atoms. The molecule has 2 aromatic heterocycles. The van der Waals surface area contributed by atoms with Gasteiger partial charge in [-0.25, -0.2) is 9.67 Å². The number of carboxylic acid groups (broad SMARTS) is 1.